The molecular weight excluding hydrogens is 396 g/mol. The molecule has 30 heavy (non-hydrogen) atoms. The molecule has 3 aliphatic heterocycles. The summed E-state index contributed by atoms with van der Waals surface area (Å²) in [6.45, 7) is 5.91. The van der Waals surface area contributed by atoms with E-state index in [-0.39, 0.29) is 29.7 Å². The highest BCUT2D eigenvalue weighted by atomic mass is 32.1. The van der Waals surface area contributed by atoms with Crippen molar-refractivity contribution in [2.75, 3.05) is 4.90 Å². The number of nitrogens with zero attached hydrogens (tertiary/aromatic N) is 2. The minimum atomic E-state index is -0.672. The summed E-state index contributed by atoms with van der Waals surface area (Å²) in [5.74, 6) is -1.59. The van der Waals surface area contributed by atoms with Crippen molar-refractivity contribution in [1.29, 1.82) is 0 Å². The van der Waals surface area contributed by atoms with E-state index >= 15 is 0 Å². The van der Waals surface area contributed by atoms with Crippen molar-refractivity contribution in [3.63, 3.8) is 0 Å². The summed E-state index contributed by atoms with van der Waals surface area (Å²) in [5, 5.41) is 1.87. The molecule has 2 saturated heterocycles. The number of hydrogen-bond donors (Lipinski definition) is 0. The topological polar surface area (TPSA) is 57.7 Å². The fraction of sp³-hybridized carbons (Fsp3) is 0.375. The lowest BCUT2D eigenvalue weighted by Gasteiger charge is -2.38. The predicted octanol–water partition coefficient (Wildman–Crippen LogP) is 4.00. The van der Waals surface area contributed by atoms with Crippen LogP contribution in [0.5, 0.6) is 0 Å². The number of Topliss-reactive ketones (excluding diaryl/α,β-unsaturated/α-hetero) is 1. The summed E-state index contributed by atoms with van der Waals surface area (Å²) in [6.07, 6.45) is 2.78. The highest BCUT2D eigenvalue weighted by molar-refractivity contribution is 7.12. The van der Waals surface area contributed by atoms with Crippen LogP contribution in [-0.2, 0) is 9.59 Å². The van der Waals surface area contributed by atoms with E-state index in [0.717, 1.165) is 16.8 Å². The molecule has 5 nitrogen and oxygen atoms in total. The lowest BCUT2D eigenvalue weighted by Crippen LogP contribution is -2.50. The highest BCUT2D eigenvalue weighted by Crippen LogP contribution is 2.50. The van der Waals surface area contributed by atoms with Gasteiger partial charge in [-0.2, -0.15) is 0 Å². The van der Waals surface area contributed by atoms with E-state index in [1.807, 2.05) is 61.4 Å². The molecule has 0 saturated carbocycles. The fourth-order valence-electron chi connectivity index (χ4n) is 5.30. The van der Waals surface area contributed by atoms with Crippen molar-refractivity contribution in [3.05, 3.63) is 58.3 Å². The van der Waals surface area contributed by atoms with Gasteiger partial charge in [0.05, 0.1) is 22.8 Å². The number of anilines is 1. The van der Waals surface area contributed by atoms with Gasteiger partial charge in [-0.15, -0.1) is 11.3 Å². The third-order valence-electron chi connectivity index (χ3n) is 6.85. The van der Waals surface area contributed by atoms with E-state index in [9.17, 15) is 14.4 Å². The number of thiophene rings is 1. The molecule has 1 aromatic carbocycles. The summed E-state index contributed by atoms with van der Waals surface area (Å²) >= 11 is 1.39. The first-order valence-electron chi connectivity index (χ1n) is 10.5. The van der Waals surface area contributed by atoms with E-state index in [1.54, 1.807) is 6.07 Å². The van der Waals surface area contributed by atoms with Gasteiger partial charge in [-0.3, -0.25) is 19.3 Å². The summed E-state index contributed by atoms with van der Waals surface area (Å²) in [7, 11) is 0. The zero-order valence-electron chi connectivity index (χ0n) is 17.2. The van der Waals surface area contributed by atoms with E-state index in [1.165, 1.54) is 16.2 Å². The largest absolute Gasteiger partial charge is 0.352 e. The number of likely N-dealkylation sites (tertiary alicyclic amines) is 1. The van der Waals surface area contributed by atoms with E-state index < -0.39 is 17.9 Å². The molecule has 3 aliphatic rings. The molecule has 6 heteroatoms. The maximum atomic E-state index is 13.7. The molecule has 2 aromatic rings. The van der Waals surface area contributed by atoms with Crippen LogP contribution in [0.15, 0.2) is 47.9 Å². The number of hydrogen-bond acceptors (Lipinski definition) is 5. The number of fused-ring (bicyclic) bond motifs is 5. The summed E-state index contributed by atoms with van der Waals surface area (Å²) in [6, 6.07) is 10.5. The van der Waals surface area contributed by atoms with E-state index in [2.05, 4.69) is 6.08 Å². The lowest BCUT2D eigenvalue weighted by atomic mass is 9.86. The van der Waals surface area contributed by atoms with Crippen molar-refractivity contribution in [1.82, 2.24) is 4.90 Å². The Labute approximate surface area is 180 Å². The Kier molecular flexibility index (Phi) is 4.43. The molecule has 0 bridgehead atoms. The first kappa shape index (κ1) is 19.2. The number of carbonyl (C=O) groups excluding carboxylic acids is 3. The molecule has 2 amide bonds. The molecule has 5 atom stereocenters. The molecule has 0 radical (unpaired) electrons. The van der Waals surface area contributed by atoms with Crippen LogP contribution in [-0.4, -0.2) is 40.6 Å². The Morgan fingerprint density at radius 3 is 2.53 bits per heavy atom. The molecule has 1 aromatic heterocycles. The first-order chi connectivity index (χ1) is 14.5. The van der Waals surface area contributed by atoms with Crippen LogP contribution in [0.25, 0.3) is 5.57 Å². The van der Waals surface area contributed by atoms with Crippen molar-refractivity contribution >= 4 is 40.2 Å². The smallest absolute Gasteiger partial charge is 0.236 e. The van der Waals surface area contributed by atoms with Crippen LogP contribution in [0, 0.1) is 11.8 Å². The van der Waals surface area contributed by atoms with Gasteiger partial charge in [0.25, 0.3) is 0 Å². The zero-order chi connectivity index (χ0) is 21.2. The quantitative estimate of drug-likeness (QED) is 0.554. The van der Waals surface area contributed by atoms with Gasteiger partial charge < -0.3 is 4.90 Å². The average Bonchev–Trinajstić information content (AvgIpc) is 3.44. The van der Waals surface area contributed by atoms with Crippen molar-refractivity contribution in [2.24, 2.45) is 11.8 Å². The number of ketones is 1. The number of amides is 2. The number of carbonyl (C=O) groups is 3. The number of para-hydroxylation sites is 1. The third kappa shape index (κ3) is 2.49. The molecule has 5 rings (SSSR count). The average molecular weight is 421 g/mol. The van der Waals surface area contributed by atoms with E-state index in [4.69, 9.17) is 0 Å². The van der Waals surface area contributed by atoms with Crippen LogP contribution in [0.2, 0.25) is 0 Å². The second-order valence-electron chi connectivity index (χ2n) is 8.41. The number of imide groups is 1. The molecule has 0 spiro atoms. The van der Waals surface area contributed by atoms with Crippen LogP contribution < -0.4 is 4.90 Å². The minimum Gasteiger partial charge on any atom is -0.352 e. The lowest BCUT2D eigenvalue weighted by molar-refractivity contribution is -0.142. The highest BCUT2D eigenvalue weighted by Gasteiger charge is 2.64. The normalized spacial score (nSPS) is 28.2. The van der Waals surface area contributed by atoms with Gasteiger partial charge in [-0.1, -0.05) is 37.3 Å². The fourth-order valence-corrected chi connectivity index (χ4v) is 6.00. The number of allylic oxidation sites excluding steroid dienone is 1. The summed E-state index contributed by atoms with van der Waals surface area (Å²) < 4.78 is 0. The molecule has 0 N–H and O–H groups in total. The molecule has 4 heterocycles. The molecule has 154 valence electrons. The van der Waals surface area contributed by atoms with Crippen LogP contribution in [0.3, 0.4) is 0 Å². The molecule has 2 fully saturated rings. The van der Waals surface area contributed by atoms with Crippen molar-refractivity contribution in [2.45, 2.75) is 45.3 Å². The summed E-state index contributed by atoms with van der Waals surface area (Å²) in [5.41, 5.74) is 3.07. The Morgan fingerprint density at radius 2 is 1.83 bits per heavy atom. The van der Waals surface area contributed by atoms with Gasteiger partial charge >= 0.3 is 0 Å². The standard InChI is InChI=1S/C24H24N2O3S/c1-4-14(3)25-23(28)19-17-12-13(2)15-8-5-6-9-16(15)26(17)21(20(19)24(25)29)22(27)18-10-7-11-30-18/h5-12,14,17,19-21H,4H2,1-3H3/t14-,17+,19-,20-,21+/m0/s1. The Balaban J connectivity index is 1.69. The molecule has 0 aliphatic carbocycles. The Hall–Kier alpha value is -2.73. The first-order valence-corrected chi connectivity index (χ1v) is 11.3. The Bertz CT molecular complexity index is 1070. The second-order valence-corrected chi connectivity index (χ2v) is 9.35. The van der Waals surface area contributed by atoms with E-state index in [0.29, 0.717) is 11.3 Å². The zero-order valence-corrected chi connectivity index (χ0v) is 18.1. The van der Waals surface area contributed by atoms with Gasteiger partial charge in [0.15, 0.2) is 5.78 Å². The third-order valence-corrected chi connectivity index (χ3v) is 7.74. The van der Waals surface area contributed by atoms with Gasteiger partial charge in [0.1, 0.15) is 6.04 Å². The predicted molar refractivity (Wildman–Crippen MR) is 117 cm³/mol. The SMILES string of the molecule is CC[C@H](C)N1C(=O)[C@@H]2[C@H](C1=O)[C@H](C(=O)c1cccs1)N1c3ccccc3C(C)=C[C@H]21. The monoisotopic (exact) mass is 420 g/mol. The van der Waals surface area contributed by atoms with Gasteiger partial charge in [-0.05, 0) is 43.4 Å². The second kappa shape index (κ2) is 6.91. The van der Waals surface area contributed by atoms with Crippen LogP contribution in [0.1, 0.15) is 42.4 Å². The maximum Gasteiger partial charge on any atom is 0.236 e. The maximum absolute atomic E-state index is 13.7. The number of benzene rings is 1. The molecular formula is C24H24N2O3S. The minimum absolute atomic E-state index is 0.0718. The van der Waals surface area contributed by atoms with Crippen LogP contribution in [0.4, 0.5) is 5.69 Å². The summed E-state index contributed by atoms with van der Waals surface area (Å²) in [4.78, 5) is 44.8. The van der Waals surface area contributed by atoms with Crippen molar-refractivity contribution < 1.29 is 14.4 Å². The molecule has 0 unspecified atom stereocenters. The van der Waals surface area contributed by atoms with Crippen LogP contribution >= 0.6 is 11.3 Å². The number of rotatable bonds is 4. The van der Waals surface area contributed by atoms with Gasteiger partial charge in [0, 0.05) is 17.3 Å². The van der Waals surface area contributed by atoms with Gasteiger partial charge in [-0.25, -0.2) is 0 Å². The van der Waals surface area contributed by atoms with Crippen molar-refractivity contribution in [3.8, 4) is 0 Å². The van der Waals surface area contributed by atoms with Gasteiger partial charge in [0.2, 0.25) is 11.8 Å². The Morgan fingerprint density at radius 1 is 1.10 bits per heavy atom.